The second kappa shape index (κ2) is 8.24. The molecule has 1 saturated heterocycles. The average Bonchev–Trinajstić information content (AvgIpc) is 3.42. The summed E-state index contributed by atoms with van der Waals surface area (Å²) in [4.78, 5) is 13.9. The van der Waals surface area contributed by atoms with Gasteiger partial charge >= 0.3 is 0 Å². The summed E-state index contributed by atoms with van der Waals surface area (Å²) < 4.78 is 4.04. The molecule has 0 saturated carbocycles. The molecule has 2 aliphatic rings. The van der Waals surface area contributed by atoms with Gasteiger partial charge < -0.3 is 15.2 Å². The number of primary amides is 1. The van der Waals surface area contributed by atoms with E-state index in [0.29, 0.717) is 5.41 Å². The van der Waals surface area contributed by atoms with Gasteiger partial charge in [-0.05, 0) is 85.7 Å². The number of benzene rings is 2. The Kier molecular flexibility index (Phi) is 5.15. The van der Waals surface area contributed by atoms with Gasteiger partial charge in [0.25, 0.3) is 5.91 Å². The van der Waals surface area contributed by atoms with Crippen molar-refractivity contribution in [3.63, 3.8) is 0 Å². The molecule has 0 bridgehead atoms. The predicted molar refractivity (Wildman–Crippen MR) is 140 cm³/mol. The van der Waals surface area contributed by atoms with Crippen LogP contribution in [0, 0.1) is 12.3 Å². The number of allylic oxidation sites excluding steroid dienone is 2. The van der Waals surface area contributed by atoms with Crippen LogP contribution in [0.3, 0.4) is 0 Å². The normalized spacial score (nSPS) is 17.5. The van der Waals surface area contributed by atoms with E-state index in [1.807, 2.05) is 13.0 Å². The lowest BCUT2D eigenvalue weighted by molar-refractivity contribution is 0.0157. The maximum atomic E-state index is 11.5. The van der Waals surface area contributed by atoms with Gasteiger partial charge in [0.1, 0.15) is 0 Å². The monoisotopic (exact) mass is 465 g/mol. The summed E-state index contributed by atoms with van der Waals surface area (Å²) in [7, 11) is 2.22. The Balaban J connectivity index is 1.18. The number of amides is 1. The van der Waals surface area contributed by atoms with Crippen LogP contribution in [-0.4, -0.2) is 45.3 Å². The number of likely N-dealkylation sites (tertiary alicyclic amines) is 1. The molecule has 2 N–H and O–H groups in total. The molecule has 2 aromatic heterocycles. The number of rotatable bonds is 5. The molecule has 1 spiro atoms. The van der Waals surface area contributed by atoms with Crippen LogP contribution < -0.4 is 5.73 Å². The molecular weight excluding hydrogens is 434 g/mol. The van der Waals surface area contributed by atoms with Crippen molar-refractivity contribution in [2.45, 2.75) is 32.7 Å². The minimum Gasteiger partial charge on any atom is -0.364 e. The Morgan fingerprint density at radius 3 is 2.54 bits per heavy atom. The van der Waals surface area contributed by atoms with Crippen molar-refractivity contribution in [3.8, 4) is 5.69 Å². The van der Waals surface area contributed by atoms with Crippen molar-refractivity contribution in [1.29, 1.82) is 0 Å². The van der Waals surface area contributed by atoms with Gasteiger partial charge in [0.05, 0.1) is 5.69 Å². The van der Waals surface area contributed by atoms with E-state index in [-0.39, 0.29) is 5.69 Å². The van der Waals surface area contributed by atoms with Gasteiger partial charge in [0.2, 0.25) is 0 Å². The van der Waals surface area contributed by atoms with E-state index < -0.39 is 5.91 Å². The molecule has 0 atom stereocenters. The Hall–Kier alpha value is -3.64. The molecule has 3 heterocycles. The lowest BCUT2D eigenvalue weighted by Gasteiger charge is -2.50. The largest absolute Gasteiger partial charge is 0.364 e. The Labute approximate surface area is 205 Å². The summed E-state index contributed by atoms with van der Waals surface area (Å²) in [5, 5.41) is 5.49. The lowest BCUT2D eigenvalue weighted by atomic mass is 9.69. The van der Waals surface area contributed by atoms with Crippen molar-refractivity contribution < 1.29 is 4.79 Å². The number of hydrogen-bond acceptors (Lipinski definition) is 3. The van der Waals surface area contributed by atoms with Crippen LogP contribution in [-0.2, 0) is 6.54 Å². The number of fused-ring (bicyclic) bond motifs is 1. The van der Waals surface area contributed by atoms with E-state index in [1.54, 1.807) is 10.7 Å². The van der Waals surface area contributed by atoms with Crippen LogP contribution in [0.4, 0.5) is 0 Å². The molecule has 1 amide bonds. The highest BCUT2D eigenvalue weighted by Crippen LogP contribution is 2.44. The SMILES string of the molecule is Cc1cc(C(N)=O)nn1-c1ccc2c(ccn2Cc2ccc(C3=CCC4(CC3)CN(C)C4)cc2)c1. The highest BCUT2D eigenvalue weighted by Gasteiger charge is 2.41. The summed E-state index contributed by atoms with van der Waals surface area (Å²) in [5.74, 6) is -0.514. The highest BCUT2D eigenvalue weighted by atomic mass is 16.1. The van der Waals surface area contributed by atoms with Gasteiger partial charge in [-0.25, -0.2) is 4.68 Å². The molecule has 1 aliphatic heterocycles. The van der Waals surface area contributed by atoms with E-state index >= 15 is 0 Å². The van der Waals surface area contributed by atoms with Crippen LogP contribution in [0.2, 0.25) is 0 Å². The molecule has 6 nitrogen and oxygen atoms in total. The van der Waals surface area contributed by atoms with Gasteiger partial charge in [-0.1, -0.05) is 30.3 Å². The van der Waals surface area contributed by atoms with Crippen molar-refractivity contribution in [2.75, 3.05) is 20.1 Å². The zero-order valence-corrected chi connectivity index (χ0v) is 20.4. The van der Waals surface area contributed by atoms with Crippen molar-refractivity contribution in [2.24, 2.45) is 11.1 Å². The fourth-order valence-electron chi connectivity index (χ4n) is 5.93. The maximum absolute atomic E-state index is 11.5. The molecule has 6 rings (SSSR count). The van der Waals surface area contributed by atoms with Crippen LogP contribution in [0.5, 0.6) is 0 Å². The van der Waals surface area contributed by atoms with E-state index in [9.17, 15) is 4.79 Å². The third-order valence-electron chi connectivity index (χ3n) is 7.73. The fraction of sp³-hybridized carbons (Fsp3) is 0.310. The zero-order valence-electron chi connectivity index (χ0n) is 20.4. The number of hydrogen-bond donors (Lipinski definition) is 1. The standard InChI is InChI=1S/C29H31N5O/c1-20-15-26(28(30)35)31-34(20)25-7-8-27-24(16-25)11-14-33(27)17-21-3-5-22(6-4-21)23-9-12-29(13-10-23)18-32(2)19-29/h3-9,11,14-16H,10,12-13,17-19H2,1-2H3,(H2,30,35). The molecule has 0 radical (unpaired) electrons. The van der Waals surface area contributed by atoms with E-state index in [4.69, 9.17) is 5.73 Å². The molecule has 6 heteroatoms. The highest BCUT2D eigenvalue weighted by molar-refractivity contribution is 5.91. The number of carbonyl (C=O) groups excluding carboxylic acids is 1. The number of nitrogens with zero attached hydrogens (tertiary/aromatic N) is 4. The van der Waals surface area contributed by atoms with Crippen molar-refractivity contribution >= 4 is 22.4 Å². The molecule has 178 valence electrons. The Morgan fingerprint density at radius 2 is 1.89 bits per heavy atom. The average molecular weight is 466 g/mol. The van der Waals surface area contributed by atoms with Gasteiger partial charge in [0.15, 0.2) is 5.69 Å². The van der Waals surface area contributed by atoms with E-state index in [0.717, 1.165) is 23.3 Å². The second-order valence-electron chi connectivity index (χ2n) is 10.4. The zero-order chi connectivity index (χ0) is 24.2. The minimum atomic E-state index is -0.514. The second-order valence-corrected chi connectivity index (χ2v) is 10.4. The first-order valence-corrected chi connectivity index (χ1v) is 12.3. The van der Waals surface area contributed by atoms with Gasteiger partial charge in [0, 0.05) is 42.4 Å². The number of aryl methyl sites for hydroxylation is 1. The number of carbonyl (C=O) groups is 1. The third kappa shape index (κ3) is 3.98. The molecule has 2 aromatic carbocycles. The summed E-state index contributed by atoms with van der Waals surface area (Å²) in [6.45, 7) is 5.24. The Bertz CT molecular complexity index is 1450. The molecule has 4 aromatic rings. The maximum Gasteiger partial charge on any atom is 0.269 e. The molecule has 1 aliphatic carbocycles. The van der Waals surface area contributed by atoms with Crippen LogP contribution in [0.1, 0.15) is 46.6 Å². The van der Waals surface area contributed by atoms with E-state index in [1.165, 1.54) is 54.6 Å². The minimum absolute atomic E-state index is 0.280. The fourth-order valence-corrected chi connectivity index (χ4v) is 5.93. The summed E-state index contributed by atoms with van der Waals surface area (Å²) in [6, 6.07) is 19.2. The predicted octanol–water partition coefficient (Wildman–Crippen LogP) is 4.78. The topological polar surface area (TPSA) is 69.1 Å². The first-order chi connectivity index (χ1) is 16.9. The summed E-state index contributed by atoms with van der Waals surface area (Å²) in [6.07, 6.45) is 8.33. The Morgan fingerprint density at radius 1 is 1.09 bits per heavy atom. The van der Waals surface area contributed by atoms with E-state index in [2.05, 4.69) is 76.4 Å². The quantitative estimate of drug-likeness (QED) is 0.461. The van der Waals surface area contributed by atoms with Gasteiger partial charge in [-0.15, -0.1) is 0 Å². The van der Waals surface area contributed by atoms with Gasteiger partial charge in [-0.2, -0.15) is 5.10 Å². The molecule has 1 fully saturated rings. The first kappa shape index (κ1) is 21.9. The number of nitrogens with two attached hydrogens (primary N) is 1. The summed E-state index contributed by atoms with van der Waals surface area (Å²) >= 11 is 0. The molecular formula is C29H31N5O. The molecule has 35 heavy (non-hydrogen) atoms. The van der Waals surface area contributed by atoms with Crippen molar-refractivity contribution in [1.82, 2.24) is 19.2 Å². The van der Waals surface area contributed by atoms with Gasteiger partial charge in [-0.3, -0.25) is 4.79 Å². The lowest BCUT2D eigenvalue weighted by Crippen LogP contribution is -2.54. The third-order valence-corrected chi connectivity index (χ3v) is 7.73. The van der Waals surface area contributed by atoms with Crippen LogP contribution in [0.25, 0.3) is 22.2 Å². The van der Waals surface area contributed by atoms with Crippen molar-refractivity contribution in [3.05, 3.63) is 89.4 Å². The summed E-state index contributed by atoms with van der Waals surface area (Å²) in [5.41, 5.74) is 13.3. The smallest absolute Gasteiger partial charge is 0.269 e. The first-order valence-electron chi connectivity index (χ1n) is 12.3. The molecule has 0 unspecified atom stereocenters. The van der Waals surface area contributed by atoms with Crippen LogP contribution in [0.15, 0.2) is 66.9 Å². The number of aromatic nitrogens is 3. The van der Waals surface area contributed by atoms with Crippen LogP contribution >= 0.6 is 0 Å².